The van der Waals surface area contributed by atoms with Crippen LogP contribution in [0.4, 0.5) is 23.2 Å². The van der Waals surface area contributed by atoms with Crippen LogP contribution >= 0.6 is 11.6 Å². The van der Waals surface area contributed by atoms with E-state index in [9.17, 15) is 27.2 Å². The highest BCUT2D eigenvalue weighted by Crippen LogP contribution is 2.37. The van der Waals surface area contributed by atoms with Crippen LogP contribution in [0.2, 0.25) is 5.02 Å². The third kappa shape index (κ3) is 5.85. The molecule has 3 aromatic carbocycles. The second-order valence-electron chi connectivity index (χ2n) is 8.02. The number of ether oxygens (including phenoxy) is 3. The minimum Gasteiger partial charge on any atom is -0.493 e. The van der Waals surface area contributed by atoms with Gasteiger partial charge in [-0.25, -0.2) is 9.37 Å². The number of halogens is 5. The third-order valence-electron chi connectivity index (χ3n) is 5.41. The van der Waals surface area contributed by atoms with E-state index >= 15 is 0 Å². The number of carbonyl (C=O) groups excluding carboxylic acids is 2. The van der Waals surface area contributed by atoms with Gasteiger partial charge in [-0.15, -0.1) is 0 Å². The van der Waals surface area contributed by atoms with E-state index in [1.54, 1.807) is 19.1 Å². The first kappa shape index (κ1) is 27.6. The number of ketones is 1. The highest BCUT2D eigenvalue weighted by molar-refractivity contribution is 6.46. The lowest BCUT2D eigenvalue weighted by Crippen LogP contribution is -2.24. The molecule has 0 saturated carbocycles. The summed E-state index contributed by atoms with van der Waals surface area (Å²) in [5.74, 6) is -2.60. The molecule has 1 aromatic heterocycles. The molecule has 0 radical (unpaired) electrons. The van der Waals surface area contributed by atoms with Gasteiger partial charge in [-0.05, 0) is 43.3 Å². The molecule has 1 amide bonds. The Morgan fingerprint density at radius 1 is 0.949 bits per heavy atom. The lowest BCUT2D eigenvalue weighted by atomic mass is 10.1. The molecule has 0 saturated heterocycles. The highest BCUT2D eigenvalue weighted by Gasteiger charge is 2.33. The third-order valence-corrected chi connectivity index (χ3v) is 5.74. The van der Waals surface area contributed by atoms with Gasteiger partial charge < -0.3 is 19.5 Å². The van der Waals surface area contributed by atoms with Crippen molar-refractivity contribution in [3.8, 4) is 23.1 Å². The fourth-order valence-electron chi connectivity index (χ4n) is 3.60. The van der Waals surface area contributed by atoms with Gasteiger partial charge in [-0.3, -0.25) is 9.59 Å². The number of benzene rings is 3. The van der Waals surface area contributed by atoms with Gasteiger partial charge in [0.15, 0.2) is 11.5 Å². The average Bonchev–Trinajstić information content (AvgIpc) is 2.88. The second-order valence-corrected chi connectivity index (χ2v) is 8.43. The lowest BCUT2D eigenvalue weighted by Gasteiger charge is -2.13. The standard InChI is InChI=1S/C26H18ClF4N3O5/c1-12-32-20-11-22(38-3)21(37-2)10-16(20)25(33-12)39-14-5-6-15(19(28)9-14)23(35)24(36)34-13-4-7-18(27)17(8-13)26(29,30)31/h4-11H,1-3H3,(H,34,36). The van der Waals surface area contributed by atoms with Crippen LogP contribution in [-0.4, -0.2) is 35.9 Å². The van der Waals surface area contributed by atoms with Gasteiger partial charge in [-0.1, -0.05) is 11.6 Å². The van der Waals surface area contributed by atoms with Gasteiger partial charge in [0.1, 0.15) is 17.4 Å². The van der Waals surface area contributed by atoms with Crippen LogP contribution in [0.25, 0.3) is 10.9 Å². The number of nitrogens with one attached hydrogen (secondary N) is 1. The van der Waals surface area contributed by atoms with Crippen molar-refractivity contribution in [2.45, 2.75) is 13.1 Å². The van der Waals surface area contributed by atoms with E-state index in [0.717, 1.165) is 24.3 Å². The summed E-state index contributed by atoms with van der Waals surface area (Å²) < 4.78 is 70.4. The van der Waals surface area contributed by atoms with Gasteiger partial charge in [-0.2, -0.15) is 18.2 Å². The van der Waals surface area contributed by atoms with Crippen molar-refractivity contribution in [1.29, 1.82) is 0 Å². The van der Waals surface area contributed by atoms with Crippen molar-refractivity contribution in [3.63, 3.8) is 0 Å². The predicted molar refractivity (Wildman–Crippen MR) is 133 cm³/mol. The maximum Gasteiger partial charge on any atom is 0.417 e. The van der Waals surface area contributed by atoms with E-state index in [0.29, 0.717) is 34.3 Å². The summed E-state index contributed by atoms with van der Waals surface area (Å²) in [5, 5.41) is 1.87. The van der Waals surface area contributed by atoms with E-state index in [-0.39, 0.29) is 17.3 Å². The molecule has 1 N–H and O–H groups in total. The first-order valence-corrected chi connectivity index (χ1v) is 11.4. The van der Waals surface area contributed by atoms with Crippen molar-refractivity contribution in [1.82, 2.24) is 9.97 Å². The molecule has 0 unspecified atom stereocenters. The number of anilines is 1. The number of nitrogens with zero attached hydrogens (tertiary/aromatic N) is 2. The highest BCUT2D eigenvalue weighted by atomic mass is 35.5. The molecule has 202 valence electrons. The number of amides is 1. The predicted octanol–water partition coefficient (Wildman–Crippen LogP) is 6.38. The Morgan fingerprint density at radius 2 is 1.64 bits per heavy atom. The van der Waals surface area contributed by atoms with E-state index in [1.165, 1.54) is 20.3 Å². The summed E-state index contributed by atoms with van der Waals surface area (Å²) in [6.07, 6.45) is -4.78. The molecule has 0 spiro atoms. The number of hydrogen-bond donors (Lipinski definition) is 1. The zero-order valence-corrected chi connectivity index (χ0v) is 21.2. The molecular weight excluding hydrogens is 546 g/mol. The Hall–Kier alpha value is -4.45. The first-order chi connectivity index (χ1) is 18.4. The van der Waals surface area contributed by atoms with Crippen LogP contribution in [0.5, 0.6) is 23.1 Å². The van der Waals surface area contributed by atoms with Gasteiger partial charge in [0.05, 0.1) is 41.3 Å². The van der Waals surface area contributed by atoms with Gasteiger partial charge in [0, 0.05) is 17.8 Å². The molecule has 1 heterocycles. The topological polar surface area (TPSA) is 99.6 Å². The Labute approximate surface area is 223 Å². The van der Waals surface area contributed by atoms with E-state index < -0.39 is 39.8 Å². The smallest absolute Gasteiger partial charge is 0.417 e. The molecule has 0 aliphatic heterocycles. The van der Waals surface area contributed by atoms with Crippen LogP contribution in [-0.2, 0) is 11.0 Å². The van der Waals surface area contributed by atoms with Gasteiger partial charge in [0.25, 0.3) is 11.7 Å². The summed E-state index contributed by atoms with van der Waals surface area (Å²) in [6, 6.07) is 8.88. The molecule has 8 nitrogen and oxygen atoms in total. The van der Waals surface area contributed by atoms with E-state index in [4.69, 9.17) is 25.8 Å². The van der Waals surface area contributed by atoms with Crippen LogP contribution in [0, 0.1) is 12.7 Å². The number of fused-ring (bicyclic) bond motifs is 1. The number of aromatic nitrogens is 2. The van der Waals surface area contributed by atoms with E-state index in [1.807, 2.05) is 5.32 Å². The summed E-state index contributed by atoms with van der Waals surface area (Å²) >= 11 is 5.56. The maximum absolute atomic E-state index is 14.9. The quantitative estimate of drug-likeness (QED) is 0.158. The molecule has 0 aliphatic carbocycles. The van der Waals surface area contributed by atoms with E-state index in [2.05, 4.69) is 9.97 Å². The molecule has 4 rings (SSSR count). The summed E-state index contributed by atoms with van der Waals surface area (Å²) in [7, 11) is 2.92. The number of hydrogen-bond acceptors (Lipinski definition) is 7. The van der Waals surface area contributed by atoms with Gasteiger partial charge in [0.2, 0.25) is 5.88 Å². The molecule has 0 atom stereocenters. The summed E-state index contributed by atoms with van der Waals surface area (Å²) in [6.45, 7) is 1.63. The summed E-state index contributed by atoms with van der Waals surface area (Å²) in [5.41, 5.74) is -1.70. The van der Waals surface area contributed by atoms with Crippen LogP contribution < -0.4 is 19.5 Å². The number of alkyl halides is 3. The molecular formula is C26H18ClF4N3O5. The normalized spacial score (nSPS) is 11.3. The van der Waals surface area contributed by atoms with Crippen molar-refractivity contribution < 1.29 is 41.4 Å². The molecule has 0 aliphatic rings. The molecule has 0 bridgehead atoms. The average molecular weight is 564 g/mol. The number of methoxy groups -OCH3 is 2. The first-order valence-electron chi connectivity index (χ1n) is 11.0. The number of Topliss-reactive ketones (excluding diaryl/α,β-unsaturated/α-hetero) is 1. The number of carbonyl (C=O) groups is 2. The molecule has 4 aromatic rings. The minimum absolute atomic E-state index is 0.0498. The fourth-order valence-corrected chi connectivity index (χ4v) is 3.83. The van der Waals surface area contributed by atoms with Crippen molar-refractivity contribution >= 4 is 39.9 Å². The fraction of sp³-hybridized carbons (Fsp3) is 0.154. The zero-order chi connectivity index (χ0) is 28.5. The molecule has 0 fully saturated rings. The van der Waals surface area contributed by atoms with Crippen LogP contribution in [0.15, 0.2) is 48.5 Å². The van der Waals surface area contributed by atoms with Gasteiger partial charge >= 0.3 is 6.18 Å². The largest absolute Gasteiger partial charge is 0.493 e. The van der Waals surface area contributed by atoms with Crippen LogP contribution in [0.3, 0.4) is 0 Å². The molecule has 39 heavy (non-hydrogen) atoms. The van der Waals surface area contributed by atoms with Crippen LogP contribution in [0.1, 0.15) is 21.7 Å². The minimum atomic E-state index is -4.78. The Balaban J connectivity index is 1.58. The SMILES string of the molecule is COc1cc2nc(C)nc(Oc3ccc(C(=O)C(=O)Nc4ccc(Cl)c(C(F)(F)F)c4)c(F)c3)c2cc1OC. The Morgan fingerprint density at radius 3 is 2.28 bits per heavy atom. The second kappa shape index (κ2) is 10.7. The lowest BCUT2D eigenvalue weighted by molar-refractivity contribution is -0.137. The van der Waals surface area contributed by atoms with Crippen molar-refractivity contribution in [2.24, 2.45) is 0 Å². The zero-order valence-electron chi connectivity index (χ0n) is 20.4. The number of aryl methyl sites for hydroxylation is 1. The number of rotatable bonds is 7. The van der Waals surface area contributed by atoms with Crippen molar-refractivity contribution in [2.75, 3.05) is 19.5 Å². The van der Waals surface area contributed by atoms with Crippen molar-refractivity contribution in [3.05, 3.63) is 76.3 Å². The summed E-state index contributed by atoms with van der Waals surface area (Å²) in [4.78, 5) is 33.5. The Kier molecular flexibility index (Phi) is 7.59. The maximum atomic E-state index is 14.9. The molecule has 13 heteroatoms. The Bertz CT molecular complexity index is 1610. The monoisotopic (exact) mass is 563 g/mol.